The number of sulfonamides is 1. The summed E-state index contributed by atoms with van der Waals surface area (Å²) in [6.07, 6.45) is 2.64. The summed E-state index contributed by atoms with van der Waals surface area (Å²) in [5, 5.41) is 5.92. The summed E-state index contributed by atoms with van der Waals surface area (Å²) in [5.74, 6) is -0.153. The van der Waals surface area contributed by atoms with Crippen molar-refractivity contribution in [2.75, 3.05) is 27.2 Å². The molecule has 0 heterocycles. The Balaban J connectivity index is 1.70. The number of unbranched alkanes of at least 4 members (excludes halogenated alkanes) is 2. The fourth-order valence-electron chi connectivity index (χ4n) is 3.19. The van der Waals surface area contributed by atoms with Crippen LogP contribution >= 0.6 is 11.6 Å². The van der Waals surface area contributed by atoms with Gasteiger partial charge in [0.05, 0.1) is 15.5 Å². The second-order valence-electron chi connectivity index (χ2n) is 8.11. The summed E-state index contributed by atoms with van der Waals surface area (Å²) in [4.78, 5) is 24.5. The van der Waals surface area contributed by atoms with Gasteiger partial charge < -0.3 is 10.6 Å². The normalized spacial score (nSPS) is 12.4. The molecule has 1 atom stereocenters. The third-order valence-electron chi connectivity index (χ3n) is 5.30. The van der Waals surface area contributed by atoms with Gasteiger partial charge >= 0.3 is 0 Å². The Morgan fingerprint density at radius 1 is 1.00 bits per heavy atom. The molecule has 2 N–H and O–H groups in total. The van der Waals surface area contributed by atoms with Crippen LogP contribution in [0, 0.1) is 0 Å². The molecule has 0 saturated heterocycles. The van der Waals surface area contributed by atoms with Crippen LogP contribution in [-0.2, 0) is 14.8 Å². The molecule has 0 aliphatic carbocycles. The van der Waals surface area contributed by atoms with Gasteiger partial charge in [-0.15, -0.1) is 0 Å². The van der Waals surface area contributed by atoms with Gasteiger partial charge in [-0.25, -0.2) is 12.7 Å². The maximum absolute atomic E-state index is 12.5. The van der Waals surface area contributed by atoms with Gasteiger partial charge in [-0.3, -0.25) is 9.59 Å². The monoisotopic (exact) mass is 493 g/mol. The lowest BCUT2D eigenvalue weighted by atomic mass is 10.0. The van der Waals surface area contributed by atoms with E-state index in [1.165, 1.54) is 37.9 Å². The molecule has 0 bridgehead atoms. The van der Waals surface area contributed by atoms with Crippen LogP contribution in [0.5, 0.6) is 0 Å². The van der Waals surface area contributed by atoms with Crippen molar-refractivity contribution in [2.45, 2.75) is 43.4 Å². The molecule has 0 aliphatic heterocycles. The van der Waals surface area contributed by atoms with E-state index in [9.17, 15) is 18.0 Å². The molecule has 180 valence electrons. The number of nitrogens with zero attached hydrogens (tertiary/aromatic N) is 1. The molecule has 0 spiro atoms. The third-order valence-corrected chi connectivity index (χ3v) is 7.44. The van der Waals surface area contributed by atoms with Crippen molar-refractivity contribution in [2.24, 2.45) is 0 Å². The molecule has 0 aromatic heterocycles. The van der Waals surface area contributed by atoms with Crippen LogP contribution in [0.1, 0.15) is 54.4 Å². The van der Waals surface area contributed by atoms with Crippen LogP contribution in [0.2, 0.25) is 5.02 Å². The topological polar surface area (TPSA) is 95.6 Å². The van der Waals surface area contributed by atoms with E-state index in [2.05, 4.69) is 29.7 Å². The van der Waals surface area contributed by atoms with Crippen LogP contribution in [0.3, 0.4) is 0 Å². The number of carbonyl (C=O) groups excluding carboxylic acids is 2. The second kappa shape index (κ2) is 12.7. The van der Waals surface area contributed by atoms with Gasteiger partial charge in [-0.2, -0.15) is 0 Å². The maximum atomic E-state index is 12.5. The van der Waals surface area contributed by atoms with E-state index in [1.807, 2.05) is 18.2 Å². The van der Waals surface area contributed by atoms with Crippen LogP contribution in [0.15, 0.2) is 53.4 Å². The molecule has 0 radical (unpaired) electrons. The van der Waals surface area contributed by atoms with Crippen molar-refractivity contribution in [1.82, 2.24) is 14.9 Å². The molecule has 2 aromatic carbocycles. The van der Waals surface area contributed by atoms with Crippen LogP contribution in [0.25, 0.3) is 0 Å². The van der Waals surface area contributed by atoms with E-state index in [1.54, 1.807) is 0 Å². The zero-order chi connectivity index (χ0) is 24.4. The Hall–Kier alpha value is -2.42. The van der Waals surface area contributed by atoms with E-state index in [0.717, 1.165) is 17.1 Å². The predicted molar refractivity (Wildman–Crippen MR) is 131 cm³/mol. The summed E-state index contributed by atoms with van der Waals surface area (Å²) in [6, 6.07) is 14.1. The second-order valence-corrected chi connectivity index (χ2v) is 10.7. The molecular weight excluding hydrogens is 462 g/mol. The highest BCUT2D eigenvalue weighted by Crippen LogP contribution is 2.22. The first-order valence-corrected chi connectivity index (χ1v) is 12.8. The quantitative estimate of drug-likeness (QED) is 0.439. The SMILES string of the molecule is CC(CNC(=O)CCCCCNC(=O)c1cc(S(=O)(=O)N(C)C)ccc1Cl)c1ccccc1. The average Bonchev–Trinajstić information content (AvgIpc) is 2.80. The maximum Gasteiger partial charge on any atom is 0.252 e. The lowest BCUT2D eigenvalue weighted by molar-refractivity contribution is -0.121. The van der Waals surface area contributed by atoms with Crippen molar-refractivity contribution in [3.8, 4) is 0 Å². The van der Waals surface area contributed by atoms with Gasteiger partial charge in [0, 0.05) is 33.6 Å². The summed E-state index contributed by atoms with van der Waals surface area (Å²) in [7, 11) is -0.811. The minimum atomic E-state index is -3.66. The molecule has 33 heavy (non-hydrogen) atoms. The molecule has 0 saturated carbocycles. The van der Waals surface area contributed by atoms with Crippen molar-refractivity contribution >= 4 is 33.4 Å². The first-order valence-electron chi connectivity index (χ1n) is 10.9. The Kier molecular flexibility index (Phi) is 10.3. The van der Waals surface area contributed by atoms with Crippen LogP contribution < -0.4 is 10.6 Å². The fourth-order valence-corrected chi connectivity index (χ4v) is 4.32. The first kappa shape index (κ1) is 26.8. The number of hydrogen-bond acceptors (Lipinski definition) is 4. The fraction of sp³-hybridized carbons (Fsp3) is 0.417. The number of halogens is 1. The molecule has 2 amide bonds. The number of amides is 2. The average molecular weight is 494 g/mol. The zero-order valence-electron chi connectivity index (χ0n) is 19.3. The van der Waals surface area contributed by atoms with Crippen molar-refractivity contribution in [3.63, 3.8) is 0 Å². The van der Waals surface area contributed by atoms with Gasteiger partial charge in [0.2, 0.25) is 15.9 Å². The summed E-state index contributed by atoms with van der Waals surface area (Å²) in [6.45, 7) is 3.09. The predicted octanol–water partition coefficient (Wildman–Crippen LogP) is 3.80. The molecule has 0 fully saturated rings. The molecule has 2 aromatic rings. The van der Waals surface area contributed by atoms with Crippen LogP contribution in [0.4, 0.5) is 0 Å². The van der Waals surface area contributed by atoms with Crippen molar-refractivity contribution in [1.29, 1.82) is 0 Å². The van der Waals surface area contributed by atoms with Crippen molar-refractivity contribution in [3.05, 3.63) is 64.7 Å². The third kappa shape index (κ3) is 8.14. The molecule has 2 rings (SSSR count). The highest BCUT2D eigenvalue weighted by Gasteiger charge is 2.20. The number of benzene rings is 2. The first-order chi connectivity index (χ1) is 15.6. The Morgan fingerprint density at radius 3 is 2.36 bits per heavy atom. The van der Waals surface area contributed by atoms with E-state index in [0.29, 0.717) is 25.9 Å². The molecule has 0 aliphatic rings. The van der Waals surface area contributed by atoms with Gasteiger partial charge in [0.15, 0.2) is 0 Å². The molecular formula is C24H32ClN3O4S. The van der Waals surface area contributed by atoms with E-state index in [4.69, 9.17) is 11.6 Å². The standard InChI is InChI=1S/C24H32ClN3O4S/c1-18(19-10-6-4-7-11-19)17-27-23(29)12-8-5-9-15-26-24(30)21-16-20(13-14-22(21)25)33(31,32)28(2)3/h4,6-7,10-11,13-14,16,18H,5,8-9,12,15,17H2,1-3H3,(H,26,30)(H,27,29). The van der Waals surface area contributed by atoms with Crippen LogP contribution in [-0.4, -0.2) is 51.7 Å². The summed E-state index contributed by atoms with van der Waals surface area (Å²) >= 11 is 6.10. The van der Waals surface area contributed by atoms with Gasteiger partial charge in [-0.1, -0.05) is 55.3 Å². The molecule has 7 nitrogen and oxygen atoms in total. The highest BCUT2D eigenvalue weighted by molar-refractivity contribution is 7.89. The zero-order valence-corrected chi connectivity index (χ0v) is 20.9. The van der Waals surface area contributed by atoms with E-state index in [-0.39, 0.29) is 27.3 Å². The molecule has 9 heteroatoms. The number of nitrogens with one attached hydrogen (secondary N) is 2. The lowest BCUT2D eigenvalue weighted by Crippen LogP contribution is -2.27. The summed E-state index contributed by atoms with van der Waals surface area (Å²) < 4.78 is 25.6. The van der Waals surface area contributed by atoms with Gasteiger partial charge in [0.25, 0.3) is 5.91 Å². The molecule has 1 unspecified atom stereocenters. The highest BCUT2D eigenvalue weighted by atomic mass is 35.5. The minimum Gasteiger partial charge on any atom is -0.356 e. The van der Waals surface area contributed by atoms with Crippen molar-refractivity contribution < 1.29 is 18.0 Å². The smallest absolute Gasteiger partial charge is 0.252 e. The summed E-state index contributed by atoms with van der Waals surface area (Å²) in [5.41, 5.74) is 1.31. The number of hydrogen-bond donors (Lipinski definition) is 2. The largest absolute Gasteiger partial charge is 0.356 e. The van der Waals surface area contributed by atoms with Gasteiger partial charge in [0.1, 0.15) is 0 Å². The van der Waals surface area contributed by atoms with E-state index >= 15 is 0 Å². The lowest BCUT2D eigenvalue weighted by Gasteiger charge is -2.13. The Morgan fingerprint density at radius 2 is 1.70 bits per heavy atom. The number of rotatable bonds is 12. The Bertz CT molecular complexity index is 1040. The van der Waals surface area contributed by atoms with Gasteiger partial charge in [-0.05, 0) is 42.5 Å². The Labute approximate surface area is 201 Å². The minimum absolute atomic E-state index is 0.00893. The van der Waals surface area contributed by atoms with E-state index < -0.39 is 15.9 Å². The number of carbonyl (C=O) groups is 2.